The number of rotatable bonds is 7. The molecule has 6 heteroatoms. The van der Waals surface area contributed by atoms with Crippen LogP contribution in [0, 0.1) is 0 Å². The fourth-order valence-corrected chi connectivity index (χ4v) is 2.14. The maximum absolute atomic E-state index is 11.2. The van der Waals surface area contributed by atoms with Crippen molar-refractivity contribution in [2.24, 2.45) is 0 Å². The summed E-state index contributed by atoms with van der Waals surface area (Å²) in [5.41, 5.74) is 1.65. The van der Waals surface area contributed by atoms with Crippen LogP contribution in [0.15, 0.2) is 36.5 Å². The van der Waals surface area contributed by atoms with E-state index < -0.39 is 12.0 Å². The highest BCUT2D eigenvalue weighted by Gasteiger charge is 2.20. The molecule has 0 spiro atoms. The van der Waals surface area contributed by atoms with Crippen molar-refractivity contribution in [3.8, 4) is 5.69 Å². The smallest absolute Gasteiger partial charge is 0.320 e. The molecule has 1 aromatic carbocycles. The van der Waals surface area contributed by atoms with E-state index >= 15 is 0 Å². The third-order valence-corrected chi connectivity index (χ3v) is 3.30. The van der Waals surface area contributed by atoms with Crippen molar-refractivity contribution < 1.29 is 9.90 Å². The summed E-state index contributed by atoms with van der Waals surface area (Å²) in [7, 11) is 0. The van der Waals surface area contributed by atoms with E-state index in [9.17, 15) is 9.90 Å². The van der Waals surface area contributed by atoms with E-state index in [-0.39, 0.29) is 6.04 Å². The first-order chi connectivity index (χ1) is 10.1. The van der Waals surface area contributed by atoms with Gasteiger partial charge in [-0.3, -0.25) is 10.1 Å². The Bertz CT molecular complexity index is 582. The fraction of sp³-hybridized carbons (Fsp3) is 0.400. The zero-order valence-corrected chi connectivity index (χ0v) is 12.2. The lowest BCUT2D eigenvalue weighted by atomic mass is 10.1. The molecule has 0 aliphatic heterocycles. The van der Waals surface area contributed by atoms with Gasteiger partial charge in [-0.15, -0.1) is 5.10 Å². The molecular weight excluding hydrogens is 268 g/mol. The number of carboxylic acid groups (broad SMARTS) is 1. The highest BCUT2D eigenvalue weighted by molar-refractivity contribution is 5.73. The maximum Gasteiger partial charge on any atom is 0.320 e. The molecule has 0 bridgehead atoms. The molecular formula is C15H20N4O2. The Morgan fingerprint density at radius 3 is 2.71 bits per heavy atom. The topological polar surface area (TPSA) is 80.0 Å². The van der Waals surface area contributed by atoms with Crippen molar-refractivity contribution in [2.75, 3.05) is 0 Å². The maximum atomic E-state index is 11.2. The molecule has 0 aliphatic rings. The van der Waals surface area contributed by atoms with Crippen LogP contribution in [0.1, 0.15) is 38.4 Å². The number of hydrogen-bond donors (Lipinski definition) is 2. The van der Waals surface area contributed by atoms with Crippen LogP contribution in [-0.2, 0) is 4.79 Å². The molecule has 1 heterocycles. The molecule has 0 radical (unpaired) electrons. The third kappa shape index (κ3) is 3.88. The van der Waals surface area contributed by atoms with Gasteiger partial charge in [0.15, 0.2) is 0 Å². The first-order valence-corrected chi connectivity index (χ1v) is 7.08. The second-order valence-electron chi connectivity index (χ2n) is 4.99. The summed E-state index contributed by atoms with van der Waals surface area (Å²) < 4.78 is 1.68. The van der Waals surface area contributed by atoms with Crippen LogP contribution >= 0.6 is 0 Å². The molecule has 112 valence electrons. The number of nitrogens with one attached hydrogen (secondary N) is 1. The van der Waals surface area contributed by atoms with E-state index in [4.69, 9.17) is 0 Å². The van der Waals surface area contributed by atoms with E-state index in [1.807, 2.05) is 50.4 Å². The van der Waals surface area contributed by atoms with Crippen LogP contribution in [0.3, 0.4) is 0 Å². The molecule has 6 nitrogen and oxygen atoms in total. The average molecular weight is 288 g/mol. The molecule has 0 aliphatic carbocycles. The van der Waals surface area contributed by atoms with Crippen molar-refractivity contribution in [2.45, 2.75) is 38.8 Å². The summed E-state index contributed by atoms with van der Waals surface area (Å²) >= 11 is 0. The van der Waals surface area contributed by atoms with E-state index in [0.717, 1.165) is 17.8 Å². The molecule has 0 saturated heterocycles. The van der Waals surface area contributed by atoms with Gasteiger partial charge in [0.05, 0.1) is 23.6 Å². The van der Waals surface area contributed by atoms with E-state index in [1.165, 1.54) is 0 Å². The predicted octanol–water partition coefficient (Wildman–Crippen LogP) is 2.17. The van der Waals surface area contributed by atoms with Crippen LogP contribution in [0.5, 0.6) is 0 Å². The highest BCUT2D eigenvalue weighted by Crippen LogP contribution is 2.13. The number of hydrogen-bond acceptors (Lipinski definition) is 4. The van der Waals surface area contributed by atoms with E-state index in [1.54, 1.807) is 4.68 Å². The highest BCUT2D eigenvalue weighted by atomic mass is 16.4. The zero-order valence-electron chi connectivity index (χ0n) is 12.2. The van der Waals surface area contributed by atoms with E-state index in [0.29, 0.717) is 6.42 Å². The Kier molecular flexibility index (Phi) is 5.05. The van der Waals surface area contributed by atoms with Gasteiger partial charge in [0.25, 0.3) is 0 Å². The van der Waals surface area contributed by atoms with Crippen molar-refractivity contribution in [3.63, 3.8) is 0 Å². The molecule has 21 heavy (non-hydrogen) atoms. The number of aromatic nitrogens is 3. The quantitative estimate of drug-likeness (QED) is 0.816. The number of nitrogens with zero attached hydrogens (tertiary/aromatic N) is 3. The molecule has 2 N–H and O–H groups in total. The number of para-hydroxylation sites is 1. The average Bonchev–Trinajstić information content (AvgIpc) is 2.97. The van der Waals surface area contributed by atoms with Gasteiger partial charge >= 0.3 is 5.97 Å². The van der Waals surface area contributed by atoms with Crippen LogP contribution in [-0.4, -0.2) is 32.1 Å². The number of carboxylic acids is 1. The van der Waals surface area contributed by atoms with Gasteiger partial charge in [-0.2, -0.15) is 0 Å². The lowest BCUT2D eigenvalue weighted by molar-refractivity contribution is -0.139. The van der Waals surface area contributed by atoms with Gasteiger partial charge in [-0.1, -0.05) is 36.8 Å². The first-order valence-electron chi connectivity index (χ1n) is 7.08. The Balaban J connectivity index is 2.08. The largest absolute Gasteiger partial charge is 0.480 e. The number of aliphatic carboxylic acids is 1. The van der Waals surface area contributed by atoms with E-state index in [2.05, 4.69) is 15.6 Å². The van der Waals surface area contributed by atoms with Crippen LogP contribution < -0.4 is 5.32 Å². The van der Waals surface area contributed by atoms with Crippen molar-refractivity contribution >= 4 is 5.97 Å². The van der Waals surface area contributed by atoms with Gasteiger partial charge in [0.1, 0.15) is 6.04 Å². The van der Waals surface area contributed by atoms with Gasteiger partial charge in [-0.25, -0.2) is 4.68 Å². The normalized spacial score (nSPS) is 13.8. The standard InChI is InChI=1S/C15H20N4O2/c1-3-7-13(15(20)21)16-11(2)14-10-19(18-17-14)12-8-5-4-6-9-12/h4-6,8-11,13,16H,3,7H2,1-2H3,(H,20,21). The van der Waals surface area contributed by atoms with Gasteiger partial charge in [-0.05, 0) is 25.5 Å². The molecule has 2 atom stereocenters. The SMILES string of the molecule is CCCC(NC(C)c1cn(-c2ccccc2)nn1)C(=O)O. The van der Waals surface area contributed by atoms with Gasteiger partial charge in [0.2, 0.25) is 0 Å². The van der Waals surface area contributed by atoms with Gasteiger partial charge in [0, 0.05) is 0 Å². The Morgan fingerprint density at radius 1 is 1.38 bits per heavy atom. The van der Waals surface area contributed by atoms with Crippen molar-refractivity contribution in [1.29, 1.82) is 0 Å². The lowest BCUT2D eigenvalue weighted by Crippen LogP contribution is -2.38. The Labute approximate surface area is 123 Å². The first kappa shape index (κ1) is 15.2. The molecule has 0 amide bonds. The lowest BCUT2D eigenvalue weighted by Gasteiger charge is -2.17. The minimum Gasteiger partial charge on any atom is -0.480 e. The van der Waals surface area contributed by atoms with Crippen LogP contribution in [0.4, 0.5) is 0 Å². The summed E-state index contributed by atoms with van der Waals surface area (Å²) in [6, 6.07) is 8.94. The van der Waals surface area contributed by atoms with Crippen LogP contribution in [0.2, 0.25) is 0 Å². The Hall–Kier alpha value is -2.21. The summed E-state index contributed by atoms with van der Waals surface area (Å²) in [5, 5.41) is 20.5. The molecule has 1 aromatic heterocycles. The van der Waals surface area contributed by atoms with Crippen molar-refractivity contribution in [1.82, 2.24) is 20.3 Å². The summed E-state index contributed by atoms with van der Waals surface area (Å²) in [5.74, 6) is -0.834. The summed E-state index contributed by atoms with van der Waals surface area (Å²) in [6.45, 7) is 3.86. The minimum absolute atomic E-state index is 0.171. The molecule has 0 fully saturated rings. The second-order valence-corrected chi connectivity index (χ2v) is 4.99. The summed E-state index contributed by atoms with van der Waals surface area (Å²) in [4.78, 5) is 11.2. The van der Waals surface area contributed by atoms with Crippen LogP contribution in [0.25, 0.3) is 5.69 Å². The second kappa shape index (κ2) is 6.99. The summed E-state index contributed by atoms with van der Waals surface area (Å²) in [6.07, 6.45) is 3.22. The molecule has 2 aromatic rings. The monoisotopic (exact) mass is 288 g/mol. The predicted molar refractivity (Wildman–Crippen MR) is 79.2 cm³/mol. The third-order valence-electron chi connectivity index (χ3n) is 3.30. The number of carbonyl (C=O) groups is 1. The van der Waals surface area contributed by atoms with Gasteiger partial charge < -0.3 is 5.11 Å². The molecule has 0 saturated carbocycles. The zero-order chi connectivity index (χ0) is 15.2. The minimum atomic E-state index is -0.834. The Morgan fingerprint density at radius 2 is 2.10 bits per heavy atom. The molecule has 2 rings (SSSR count). The fourth-order valence-electron chi connectivity index (χ4n) is 2.14. The number of benzene rings is 1. The van der Waals surface area contributed by atoms with Crippen molar-refractivity contribution in [3.05, 3.63) is 42.2 Å². The molecule has 2 unspecified atom stereocenters.